The van der Waals surface area contributed by atoms with Crippen molar-refractivity contribution in [2.75, 3.05) is 14.2 Å². The van der Waals surface area contributed by atoms with E-state index in [1.165, 1.54) is 0 Å². The van der Waals surface area contributed by atoms with E-state index in [4.69, 9.17) is 14.5 Å². The lowest BCUT2D eigenvalue weighted by Crippen LogP contribution is -2.00. The van der Waals surface area contributed by atoms with Crippen LogP contribution in [0.4, 0.5) is 0 Å². The Labute approximate surface area is 189 Å². The van der Waals surface area contributed by atoms with Crippen LogP contribution in [0.15, 0.2) is 84.3 Å². The quantitative estimate of drug-likeness (QED) is 0.334. The highest BCUT2D eigenvalue weighted by Gasteiger charge is 2.17. The summed E-state index contributed by atoms with van der Waals surface area (Å²) in [5, 5.41) is 9.80. The number of fused-ring (bicyclic) bond motifs is 1. The van der Waals surface area contributed by atoms with Gasteiger partial charge >= 0.3 is 0 Å². The number of hydrogen-bond acceptors (Lipinski definition) is 6. The summed E-state index contributed by atoms with van der Waals surface area (Å²) in [7, 11) is 3.31. The Morgan fingerprint density at radius 2 is 1.72 bits per heavy atom. The number of aromatic nitrogens is 5. The van der Waals surface area contributed by atoms with Gasteiger partial charge in [-0.25, -0.2) is 4.98 Å². The van der Waals surface area contributed by atoms with Crippen molar-refractivity contribution in [3.05, 3.63) is 84.8 Å². The second-order valence-electron chi connectivity index (χ2n) is 7.06. The van der Waals surface area contributed by atoms with Crippen LogP contribution in [0.5, 0.6) is 11.5 Å². The Hall–Kier alpha value is -3.78. The number of thioether (sulfide) groups is 1. The summed E-state index contributed by atoms with van der Waals surface area (Å²) in [6, 6.07) is 21.7. The van der Waals surface area contributed by atoms with Crippen molar-refractivity contribution in [2.45, 2.75) is 10.9 Å². The zero-order valence-corrected chi connectivity index (χ0v) is 18.5. The molecule has 0 radical (unpaired) electrons. The molecular weight excluding hydrogens is 422 g/mol. The average molecular weight is 444 g/mol. The van der Waals surface area contributed by atoms with Gasteiger partial charge in [0.25, 0.3) is 0 Å². The summed E-state index contributed by atoms with van der Waals surface area (Å²) < 4.78 is 14.8. The molecule has 8 heteroatoms. The van der Waals surface area contributed by atoms with Gasteiger partial charge in [0.15, 0.2) is 11.0 Å². The molecule has 5 aromatic rings. The summed E-state index contributed by atoms with van der Waals surface area (Å²) in [5.41, 5.74) is 3.78. The van der Waals surface area contributed by atoms with Crippen molar-refractivity contribution < 1.29 is 9.47 Å². The first-order valence-corrected chi connectivity index (χ1v) is 11.0. The molecule has 0 aliphatic rings. The molecule has 0 amide bonds. The van der Waals surface area contributed by atoms with E-state index in [1.807, 2.05) is 83.5 Å². The van der Waals surface area contributed by atoms with E-state index in [2.05, 4.69) is 14.8 Å². The summed E-state index contributed by atoms with van der Waals surface area (Å²) in [6.45, 7) is 0. The van der Waals surface area contributed by atoms with E-state index in [-0.39, 0.29) is 0 Å². The predicted molar refractivity (Wildman–Crippen MR) is 125 cm³/mol. The maximum absolute atomic E-state index is 5.40. The van der Waals surface area contributed by atoms with Gasteiger partial charge in [0, 0.05) is 29.4 Å². The summed E-state index contributed by atoms with van der Waals surface area (Å²) in [4.78, 5) is 4.69. The van der Waals surface area contributed by atoms with Crippen molar-refractivity contribution >= 4 is 17.4 Å². The molecule has 3 heterocycles. The second kappa shape index (κ2) is 8.76. The lowest BCUT2D eigenvalue weighted by Gasteiger charge is -2.11. The first kappa shape index (κ1) is 20.1. The number of benzene rings is 2. The number of pyridine rings is 1. The molecule has 0 saturated heterocycles. The van der Waals surface area contributed by atoms with E-state index >= 15 is 0 Å². The largest absolute Gasteiger partial charge is 0.497 e. The third-order valence-electron chi connectivity index (χ3n) is 5.05. The van der Waals surface area contributed by atoms with Crippen LogP contribution in [0.3, 0.4) is 0 Å². The molecule has 0 aliphatic carbocycles. The number of ether oxygens (including phenoxy) is 2. The molecule has 2 aromatic carbocycles. The van der Waals surface area contributed by atoms with Crippen LogP contribution in [-0.2, 0) is 5.75 Å². The summed E-state index contributed by atoms with van der Waals surface area (Å²) in [5.74, 6) is 2.98. The first-order chi connectivity index (χ1) is 15.7. The molecule has 32 heavy (non-hydrogen) atoms. The van der Waals surface area contributed by atoms with Crippen molar-refractivity contribution in [3.63, 3.8) is 0 Å². The van der Waals surface area contributed by atoms with Gasteiger partial charge in [0.1, 0.15) is 17.1 Å². The van der Waals surface area contributed by atoms with Crippen molar-refractivity contribution in [1.29, 1.82) is 0 Å². The number of imidazole rings is 1. The molecule has 0 aliphatic heterocycles. The molecule has 0 fully saturated rings. The molecule has 7 nitrogen and oxygen atoms in total. The van der Waals surface area contributed by atoms with Gasteiger partial charge < -0.3 is 13.9 Å². The van der Waals surface area contributed by atoms with Gasteiger partial charge in [-0.3, -0.25) is 4.57 Å². The fourth-order valence-corrected chi connectivity index (χ4v) is 4.31. The fraction of sp³-hybridized carbons (Fsp3) is 0.125. The molecule has 0 bridgehead atoms. The van der Waals surface area contributed by atoms with Crippen LogP contribution in [0.2, 0.25) is 0 Å². The van der Waals surface area contributed by atoms with E-state index in [0.717, 1.165) is 45.1 Å². The minimum atomic E-state index is 0.675. The van der Waals surface area contributed by atoms with E-state index in [1.54, 1.807) is 26.0 Å². The average Bonchev–Trinajstić information content (AvgIpc) is 3.46. The molecule has 5 rings (SSSR count). The molecular formula is C24H21N5O2S. The minimum Gasteiger partial charge on any atom is -0.497 e. The smallest absolute Gasteiger partial charge is 0.196 e. The Kier molecular flexibility index (Phi) is 5.51. The molecule has 160 valence electrons. The van der Waals surface area contributed by atoms with Gasteiger partial charge in [0.05, 0.1) is 19.9 Å². The van der Waals surface area contributed by atoms with Crippen LogP contribution >= 0.6 is 11.8 Å². The Morgan fingerprint density at radius 1 is 0.875 bits per heavy atom. The molecule has 0 unspecified atom stereocenters. The maximum Gasteiger partial charge on any atom is 0.196 e. The summed E-state index contributed by atoms with van der Waals surface area (Å²) >= 11 is 1.60. The number of methoxy groups -OCH3 is 2. The Bertz CT molecular complexity index is 1330. The highest BCUT2D eigenvalue weighted by atomic mass is 32.2. The van der Waals surface area contributed by atoms with Crippen LogP contribution in [0, 0.1) is 0 Å². The number of rotatable bonds is 7. The first-order valence-electron chi connectivity index (χ1n) is 10.0. The molecule has 0 N–H and O–H groups in total. The molecule has 0 spiro atoms. The standard InChI is InChI=1S/C24H21N5O2S/c1-30-20-11-9-19(10-12-20)29-23(17-6-5-7-21(14-17)31-2)26-27-24(29)32-16-18-15-28-13-4-3-8-22(28)25-18/h3-15H,16H2,1-2H3. The van der Waals surface area contributed by atoms with Gasteiger partial charge in [-0.2, -0.15) is 0 Å². The monoisotopic (exact) mass is 443 g/mol. The Balaban J connectivity index is 1.52. The zero-order chi connectivity index (χ0) is 21.9. The van der Waals surface area contributed by atoms with Crippen LogP contribution in [0.25, 0.3) is 22.7 Å². The third-order valence-corrected chi connectivity index (χ3v) is 6.02. The van der Waals surface area contributed by atoms with Crippen molar-refractivity contribution in [3.8, 4) is 28.6 Å². The predicted octanol–water partition coefficient (Wildman–Crippen LogP) is 4.89. The zero-order valence-electron chi connectivity index (χ0n) is 17.7. The van der Waals surface area contributed by atoms with Crippen LogP contribution in [0.1, 0.15) is 5.69 Å². The van der Waals surface area contributed by atoms with E-state index in [0.29, 0.717) is 5.75 Å². The SMILES string of the molecule is COc1ccc(-n2c(SCc3cn4ccccc4n3)nnc2-c2cccc(OC)c2)cc1. The minimum absolute atomic E-state index is 0.675. The fourth-order valence-electron chi connectivity index (χ4n) is 3.47. The van der Waals surface area contributed by atoms with Crippen molar-refractivity contribution in [1.82, 2.24) is 24.1 Å². The van der Waals surface area contributed by atoms with Gasteiger partial charge in [-0.1, -0.05) is 30.0 Å². The second-order valence-corrected chi connectivity index (χ2v) is 8.00. The topological polar surface area (TPSA) is 66.5 Å². The molecule has 3 aromatic heterocycles. The summed E-state index contributed by atoms with van der Waals surface area (Å²) in [6.07, 6.45) is 4.04. The maximum atomic E-state index is 5.40. The van der Waals surface area contributed by atoms with Gasteiger partial charge in [-0.05, 0) is 48.5 Å². The van der Waals surface area contributed by atoms with E-state index in [9.17, 15) is 0 Å². The normalized spacial score (nSPS) is 11.1. The Morgan fingerprint density at radius 3 is 2.50 bits per heavy atom. The number of nitrogens with zero attached hydrogens (tertiary/aromatic N) is 5. The van der Waals surface area contributed by atoms with Gasteiger partial charge in [-0.15, -0.1) is 10.2 Å². The lowest BCUT2D eigenvalue weighted by molar-refractivity contribution is 0.414. The molecule has 0 atom stereocenters. The van der Waals surface area contributed by atoms with E-state index < -0.39 is 0 Å². The molecule has 0 saturated carbocycles. The van der Waals surface area contributed by atoms with Crippen molar-refractivity contribution in [2.24, 2.45) is 0 Å². The van der Waals surface area contributed by atoms with Crippen LogP contribution < -0.4 is 9.47 Å². The highest BCUT2D eigenvalue weighted by Crippen LogP contribution is 2.31. The highest BCUT2D eigenvalue weighted by molar-refractivity contribution is 7.98. The van der Waals surface area contributed by atoms with Gasteiger partial charge in [0.2, 0.25) is 0 Å². The lowest BCUT2D eigenvalue weighted by atomic mass is 10.2. The third kappa shape index (κ3) is 3.92. The number of hydrogen-bond donors (Lipinski definition) is 0. The van der Waals surface area contributed by atoms with Crippen LogP contribution in [-0.4, -0.2) is 38.4 Å².